The van der Waals surface area contributed by atoms with E-state index in [0.29, 0.717) is 22.2 Å². The second-order valence-corrected chi connectivity index (χ2v) is 7.88. The van der Waals surface area contributed by atoms with E-state index < -0.39 is 24.2 Å². The third-order valence-corrected chi connectivity index (χ3v) is 5.92. The van der Waals surface area contributed by atoms with Crippen LogP contribution >= 0.6 is 11.6 Å². The fraction of sp³-hybridized carbons (Fsp3) is 0.227. The number of nitrogens with one attached hydrogen (secondary N) is 2. The molecule has 2 aromatic carbocycles. The van der Waals surface area contributed by atoms with Crippen molar-refractivity contribution in [2.24, 2.45) is 0 Å². The van der Waals surface area contributed by atoms with Gasteiger partial charge in [-0.2, -0.15) is 13.2 Å². The average molecular weight is 451 g/mol. The molecule has 3 aromatic rings. The molecule has 0 saturated carbocycles. The predicted octanol–water partition coefficient (Wildman–Crippen LogP) is 5.14. The molecule has 31 heavy (non-hydrogen) atoms. The van der Waals surface area contributed by atoms with Crippen LogP contribution in [-0.4, -0.2) is 27.0 Å². The highest BCUT2D eigenvalue weighted by Gasteiger charge is 2.61. The molecule has 0 radical (unpaired) electrons. The third kappa shape index (κ3) is 3.45. The number of halogens is 4. The zero-order valence-electron chi connectivity index (χ0n) is 16.2. The Morgan fingerprint density at radius 2 is 2.00 bits per heavy atom. The number of pyridine rings is 1. The molecule has 1 aliphatic carbocycles. The molecule has 0 fully saturated rings. The van der Waals surface area contributed by atoms with Crippen LogP contribution in [0.5, 0.6) is 5.75 Å². The van der Waals surface area contributed by atoms with Crippen molar-refractivity contribution < 1.29 is 23.4 Å². The van der Waals surface area contributed by atoms with Gasteiger partial charge in [-0.25, -0.2) is 0 Å². The molecular weight excluding hydrogens is 433 g/mol. The van der Waals surface area contributed by atoms with E-state index in [9.17, 15) is 28.2 Å². The lowest BCUT2D eigenvalue weighted by Crippen LogP contribution is -2.54. The monoisotopic (exact) mass is 450 g/mol. The van der Waals surface area contributed by atoms with E-state index in [1.54, 1.807) is 25.1 Å². The largest absolute Gasteiger partial charge is 0.506 e. The number of anilines is 1. The highest BCUT2D eigenvalue weighted by molar-refractivity contribution is 6.32. The quantitative estimate of drug-likeness (QED) is 0.435. The maximum Gasteiger partial charge on any atom is 0.419 e. The van der Waals surface area contributed by atoms with Gasteiger partial charge in [-0.05, 0) is 54.0 Å². The van der Waals surface area contributed by atoms with Gasteiger partial charge < -0.3 is 20.5 Å². The van der Waals surface area contributed by atoms with E-state index in [4.69, 9.17) is 11.6 Å². The molecule has 0 amide bonds. The molecule has 5 nitrogen and oxygen atoms in total. The number of alkyl halides is 3. The molecular formula is C22H18ClF3N2O3. The number of phenolic OH excluding ortho intramolecular Hbond substituents is 1. The van der Waals surface area contributed by atoms with E-state index in [1.807, 2.05) is 0 Å². The lowest BCUT2D eigenvalue weighted by molar-refractivity contribution is -0.265. The second kappa shape index (κ2) is 7.32. The van der Waals surface area contributed by atoms with Crippen molar-refractivity contribution in [2.45, 2.75) is 31.2 Å². The minimum absolute atomic E-state index is 0.100. The summed E-state index contributed by atoms with van der Waals surface area (Å²) in [6, 6.07) is 8.44. The molecule has 0 bridgehead atoms. The number of benzene rings is 2. The summed E-state index contributed by atoms with van der Waals surface area (Å²) in [6.07, 6.45) is -4.21. The maximum absolute atomic E-state index is 14.2. The summed E-state index contributed by atoms with van der Waals surface area (Å²) in [5.74, 6) is -0.265. The lowest BCUT2D eigenvalue weighted by atomic mass is 9.73. The van der Waals surface area contributed by atoms with Crippen molar-refractivity contribution in [1.82, 2.24) is 4.98 Å². The van der Waals surface area contributed by atoms with Gasteiger partial charge in [-0.1, -0.05) is 23.7 Å². The summed E-state index contributed by atoms with van der Waals surface area (Å²) in [5, 5.41) is 24.2. The standard InChI is InChI=1S/C22H18ClF3N2O3/c1-2-11-10-21(31,22(24,25)26)20(14-8-15(23)18(29)9-13(11)14)28-17-5-3-4-16-12(17)6-7-19(30)27-16/h2-9,20,28-29,31H,10H2,1H3,(H,27,30)/b11-2+/t20-,21-/m1/s1. The van der Waals surface area contributed by atoms with Crippen molar-refractivity contribution in [2.75, 3.05) is 5.32 Å². The highest BCUT2D eigenvalue weighted by Crippen LogP contribution is 2.53. The Labute approximate surface area is 179 Å². The third-order valence-electron chi connectivity index (χ3n) is 5.62. The van der Waals surface area contributed by atoms with Gasteiger partial charge in [0, 0.05) is 23.6 Å². The van der Waals surface area contributed by atoms with Crippen LogP contribution in [0.25, 0.3) is 16.5 Å². The topological polar surface area (TPSA) is 85.4 Å². The first kappa shape index (κ1) is 21.3. The minimum Gasteiger partial charge on any atom is -0.506 e. The van der Waals surface area contributed by atoms with Gasteiger partial charge in [-0.15, -0.1) is 0 Å². The number of aromatic hydroxyl groups is 1. The SMILES string of the molecule is C/C=C1\C[C@](O)(C(F)(F)F)[C@H](Nc2cccc3[nH]c(=O)ccc23)c2cc(Cl)c(O)cc21. The Kier molecular flexibility index (Phi) is 5.02. The molecule has 4 N–H and O–H groups in total. The summed E-state index contributed by atoms with van der Waals surface area (Å²) in [4.78, 5) is 14.2. The van der Waals surface area contributed by atoms with Gasteiger partial charge in [0.1, 0.15) is 5.75 Å². The van der Waals surface area contributed by atoms with Gasteiger partial charge in [0.05, 0.1) is 16.6 Å². The molecule has 1 heterocycles. The Morgan fingerprint density at radius 3 is 2.68 bits per heavy atom. The van der Waals surface area contributed by atoms with Crippen LogP contribution in [0.4, 0.5) is 18.9 Å². The number of hydrogen-bond acceptors (Lipinski definition) is 4. The number of H-pyrrole nitrogens is 1. The normalized spacial score (nSPS) is 22.5. The highest BCUT2D eigenvalue weighted by atomic mass is 35.5. The average Bonchev–Trinajstić information content (AvgIpc) is 2.70. The molecule has 1 aromatic heterocycles. The van der Waals surface area contributed by atoms with E-state index in [2.05, 4.69) is 10.3 Å². The van der Waals surface area contributed by atoms with Crippen LogP contribution in [0.1, 0.15) is 30.5 Å². The van der Waals surface area contributed by atoms with Gasteiger partial charge in [-0.3, -0.25) is 4.79 Å². The van der Waals surface area contributed by atoms with E-state index in [1.165, 1.54) is 30.3 Å². The van der Waals surface area contributed by atoms with Gasteiger partial charge in [0.15, 0.2) is 5.60 Å². The number of aromatic nitrogens is 1. The molecule has 1 aliphatic rings. The van der Waals surface area contributed by atoms with Crippen LogP contribution in [0.3, 0.4) is 0 Å². The van der Waals surface area contributed by atoms with E-state index in [0.717, 1.165) is 0 Å². The molecule has 0 aliphatic heterocycles. The van der Waals surface area contributed by atoms with Crippen molar-refractivity contribution in [3.63, 3.8) is 0 Å². The fourth-order valence-electron chi connectivity index (χ4n) is 4.03. The van der Waals surface area contributed by atoms with Gasteiger partial charge in [0.25, 0.3) is 0 Å². The number of allylic oxidation sites excluding steroid dienone is 1. The molecule has 4 rings (SSSR count). The summed E-state index contributed by atoms with van der Waals surface area (Å²) in [6.45, 7) is 1.57. The van der Waals surface area contributed by atoms with Crippen molar-refractivity contribution in [1.29, 1.82) is 0 Å². The Bertz CT molecular complexity index is 1270. The molecule has 9 heteroatoms. The number of rotatable bonds is 2. The molecule has 2 atom stereocenters. The van der Waals surface area contributed by atoms with Crippen LogP contribution in [-0.2, 0) is 0 Å². The summed E-state index contributed by atoms with van der Waals surface area (Å²) in [5.41, 5.74) is -2.07. The summed E-state index contributed by atoms with van der Waals surface area (Å²) >= 11 is 6.02. The summed E-state index contributed by atoms with van der Waals surface area (Å²) < 4.78 is 42.5. The number of aromatic amines is 1. The second-order valence-electron chi connectivity index (χ2n) is 7.47. The number of phenols is 1. The number of hydrogen-bond donors (Lipinski definition) is 4. The van der Waals surface area contributed by atoms with Crippen LogP contribution in [0, 0.1) is 0 Å². The van der Waals surface area contributed by atoms with Crippen molar-refractivity contribution in [3.8, 4) is 5.75 Å². The summed E-state index contributed by atoms with van der Waals surface area (Å²) in [7, 11) is 0. The van der Waals surface area contributed by atoms with E-state index in [-0.39, 0.29) is 27.5 Å². The molecule has 0 saturated heterocycles. The van der Waals surface area contributed by atoms with Crippen molar-refractivity contribution in [3.05, 3.63) is 75.0 Å². The zero-order valence-corrected chi connectivity index (χ0v) is 17.0. The maximum atomic E-state index is 14.2. The fourth-order valence-corrected chi connectivity index (χ4v) is 4.20. The first-order valence-electron chi connectivity index (χ1n) is 9.41. The Morgan fingerprint density at radius 1 is 1.26 bits per heavy atom. The van der Waals surface area contributed by atoms with Crippen molar-refractivity contribution >= 4 is 33.8 Å². The van der Waals surface area contributed by atoms with Crippen LogP contribution in [0.2, 0.25) is 5.02 Å². The molecule has 162 valence electrons. The Hall–Kier alpha value is -2.97. The minimum atomic E-state index is -4.97. The van der Waals surface area contributed by atoms with Crippen LogP contribution in [0.15, 0.2) is 53.3 Å². The number of fused-ring (bicyclic) bond motifs is 2. The van der Waals surface area contributed by atoms with Crippen LogP contribution < -0.4 is 10.9 Å². The molecule has 0 spiro atoms. The smallest absolute Gasteiger partial charge is 0.419 e. The Balaban J connectivity index is 1.96. The lowest BCUT2D eigenvalue weighted by Gasteiger charge is -2.44. The van der Waals surface area contributed by atoms with E-state index >= 15 is 0 Å². The first-order chi connectivity index (χ1) is 14.5. The first-order valence-corrected chi connectivity index (χ1v) is 9.78. The number of aliphatic hydroxyl groups is 1. The van der Waals surface area contributed by atoms with Gasteiger partial charge >= 0.3 is 6.18 Å². The zero-order chi connectivity index (χ0) is 22.6. The van der Waals surface area contributed by atoms with Gasteiger partial charge in [0.2, 0.25) is 5.56 Å². The predicted molar refractivity (Wildman–Crippen MR) is 113 cm³/mol. The molecule has 0 unspecified atom stereocenters.